The molecule has 2 atom stereocenters. The van der Waals surface area contributed by atoms with Crippen LogP contribution in [0.25, 0.3) is 0 Å². The number of fused-ring (bicyclic) bond motifs is 2. The Morgan fingerprint density at radius 3 is 2.50 bits per heavy atom. The number of benzene rings is 1. The minimum Gasteiger partial charge on any atom is -0.481 e. The number of carbonyl (C=O) groups excluding carboxylic acids is 3. The molecular formula is C15H16O7. The van der Waals surface area contributed by atoms with Gasteiger partial charge in [0.05, 0.1) is 11.7 Å². The first-order valence-electron chi connectivity index (χ1n) is 6.52. The molecule has 2 bridgehead atoms. The maximum atomic E-state index is 10.7. The summed E-state index contributed by atoms with van der Waals surface area (Å²) >= 11 is 0. The Morgan fingerprint density at radius 2 is 2.05 bits per heavy atom. The number of carbonyl (C=O) groups is 4. The average Bonchev–Trinajstić information content (AvgIpc) is 2.69. The van der Waals surface area contributed by atoms with Crippen LogP contribution in [0.15, 0.2) is 24.3 Å². The van der Waals surface area contributed by atoms with Crippen molar-refractivity contribution in [3.63, 3.8) is 0 Å². The molecule has 1 aromatic carbocycles. The van der Waals surface area contributed by atoms with Crippen LogP contribution in [0.4, 0.5) is 0 Å². The standard InChI is InChI=1S/C8H12O5.C7H4O2/c1-5(10)7(8(12)13)4-6(11)2-3-9;8-7-5-2-1-3-6(4-5)9-7/h3,6-7,11H,2,4H2,1H3,(H,12,13);1-4H/t6-,7?;/m1./s1. The Balaban J connectivity index is 0.000000231. The molecule has 0 spiro atoms. The molecule has 0 aliphatic carbocycles. The number of carboxylic acids is 1. The van der Waals surface area contributed by atoms with Crippen LogP contribution in [-0.4, -0.2) is 40.3 Å². The number of rotatable bonds is 6. The molecule has 0 aromatic heterocycles. The summed E-state index contributed by atoms with van der Waals surface area (Å²) in [5.41, 5.74) is 0.646. The van der Waals surface area contributed by atoms with Crippen molar-refractivity contribution in [2.75, 3.05) is 0 Å². The summed E-state index contributed by atoms with van der Waals surface area (Å²) in [5, 5.41) is 17.6. The van der Waals surface area contributed by atoms with Crippen molar-refractivity contribution in [1.29, 1.82) is 0 Å². The molecule has 1 heterocycles. The second kappa shape index (κ2) is 8.04. The molecule has 22 heavy (non-hydrogen) atoms. The Hall–Kier alpha value is -2.54. The number of Topliss-reactive ketones (excluding diaryl/α,β-unsaturated/α-hetero) is 1. The van der Waals surface area contributed by atoms with Crippen LogP contribution in [0.1, 0.15) is 30.1 Å². The fourth-order valence-corrected chi connectivity index (χ4v) is 1.77. The van der Waals surface area contributed by atoms with Crippen LogP contribution in [-0.2, 0) is 14.4 Å². The van der Waals surface area contributed by atoms with Gasteiger partial charge in [0.1, 0.15) is 23.7 Å². The molecule has 7 nitrogen and oxygen atoms in total. The highest BCUT2D eigenvalue weighted by atomic mass is 16.5. The largest absolute Gasteiger partial charge is 0.481 e. The highest BCUT2D eigenvalue weighted by molar-refractivity contribution is 5.96. The first-order chi connectivity index (χ1) is 10.3. The number of aldehydes is 1. The van der Waals surface area contributed by atoms with Gasteiger partial charge in [-0.3, -0.25) is 9.59 Å². The topological polar surface area (TPSA) is 118 Å². The first kappa shape index (κ1) is 17.5. The lowest BCUT2D eigenvalue weighted by Crippen LogP contribution is -2.26. The SMILES string of the molecule is CC(=O)C(C[C@H](O)CC=O)C(=O)O.O=C1Oc2cccc1c2. The number of carboxylic acid groups (broad SMARTS) is 1. The molecule has 1 aromatic rings. The van der Waals surface area contributed by atoms with Gasteiger partial charge < -0.3 is 19.7 Å². The summed E-state index contributed by atoms with van der Waals surface area (Å²) in [4.78, 5) is 41.8. The van der Waals surface area contributed by atoms with E-state index in [0.717, 1.165) is 6.92 Å². The van der Waals surface area contributed by atoms with E-state index in [4.69, 9.17) is 14.9 Å². The van der Waals surface area contributed by atoms with E-state index in [1.165, 1.54) is 0 Å². The molecule has 1 unspecified atom stereocenters. The number of ketones is 1. The molecule has 0 radical (unpaired) electrons. The van der Waals surface area contributed by atoms with E-state index in [1.807, 2.05) is 0 Å². The van der Waals surface area contributed by atoms with Crippen LogP contribution in [0.5, 0.6) is 5.75 Å². The van der Waals surface area contributed by atoms with E-state index in [-0.39, 0.29) is 18.8 Å². The lowest BCUT2D eigenvalue weighted by atomic mass is 9.97. The second-order valence-electron chi connectivity index (χ2n) is 4.71. The second-order valence-corrected chi connectivity index (χ2v) is 4.71. The van der Waals surface area contributed by atoms with E-state index in [9.17, 15) is 19.2 Å². The third kappa shape index (κ3) is 5.10. The third-order valence-electron chi connectivity index (χ3n) is 2.95. The van der Waals surface area contributed by atoms with Gasteiger partial charge in [-0.05, 0) is 31.5 Å². The molecule has 2 rings (SSSR count). The van der Waals surface area contributed by atoms with E-state index < -0.39 is 23.8 Å². The van der Waals surface area contributed by atoms with Crippen molar-refractivity contribution in [1.82, 2.24) is 0 Å². The monoisotopic (exact) mass is 308 g/mol. The lowest BCUT2D eigenvalue weighted by Gasteiger charge is -2.11. The highest BCUT2D eigenvalue weighted by Crippen LogP contribution is 2.21. The Kier molecular flexibility index (Phi) is 6.40. The smallest absolute Gasteiger partial charge is 0.343 e. The van der Waals surface area contributed by atoms with Gasteiger partial charge in [-0.2, -0.15) is 0 Å². The summed E-state index contributed by atoms with van der Waals surface area (Å²) in [6, 6.07) is 7.02. The van der Waals surface area contributed by atoms with Gasteiger partial charge in [0.25, 0.3) is 0 Å². The summed E-state index contributed by atoms with van der Waals surface area (Å²) in [6.07, 6.45) is -0.910. The predicted octanol–water partition coefficient (Wildman–Crippen LogP) is 0.835. The molecule has 0 amide bonds. The fraction of sp³-hybridized carbons (Fsp3) is 0.333. The molecule has 0 saturated heterocycles. The van der Waals surface area contributed by atoms with Gasteiger partial charge in [-0.15, -0.1) is 0 Å². The van der Waals surface area contributed by atoms with Gasteiger partial charge in [0.2, 0.25) is 0 Å². The van der Waals surface area contributed by atoms with Crippen molar-refractivity contribution in [2.24, 2.45) is 5.92 Å². The number of hydrogen-bond donors (Lipinski definition) is 2. The van der Waals surface area contributed by atoms with Crippen LogP contribution >= 0.6 is 0 Å². The van der Waals surface area contributed by atoms with Crippen LogP contribution in [0.3, 0.4) is 0 Å². The molecule has 1 aliphatic rings. The number of aliphatic carboxylic acids is 1. The summed E-state index contributed by atoms with van der Waals surface area (Å²) in [6.45, 7) is 1.15. The quantitative estimate of drug-likeness (QED) is 0.454. The zero-order valence-electron chi connectivity index (χ0n) is 11.9. The zero-order chi connectivity index (χ0) is 16.7. The third-order valence-corrected chi connectivity index (χ3v) is 2.95. The molecule has 7 heteroatoms. The van der Waals surface area contributed by atoms with Gasteiger partial charge >= 0.3 is 11.9 Å². The maximum Gasteiger partial charge on any atom is 0.343 e. The lowest BCUT2D eigenvalue weighted by molar-refractivity contribution is -0.147. The van der Waals surface area contributed by atoms with Crippen molar-refractivity contribution >= 4 is 24.0 Å². The minimum absolute atomic E-state index is 0.142. The van der Waals surface area contributed by atoms with Crippen molar-refractivity contribution in [2.45, 2.75) is 25.9 Å². The van der Waals surface area contributed by atoms with E-state index in [1.54, 1.807) is 24.3 Å². The molecule has 0 saturated carbocycles. The molecule has 118 valence electrons. The molecule has 0 fully saturated rings. The van der Waals surface area contributed by atoms with Gasteiger partial charge in [0, 0.05) is 6.42 Å². The summed E-state index contributed by atoms with van der Waals surface area (Å²) in [7, 11) is 0. The highest BCUT2D eigenvalue weighted by Gasteiger charge is 2.25. The summed E-state index contributed by atoms with van der Waals surface area (Å²) in [5.74, 6) is -2.59. The number of aliphatic hydroxyl groups is 1. The Labute approximate surface area is 126 Å². The number of ether oxygens (including phenoxy) is 1. The van der Waals surface area contributed by atoms with Crippen molar-refractivity contribution in [3.05, 3.63) is 29.8 Å². The Morgan fingerprint density at radius 1 is 1.36 bits per heavy atom. The normalized spacial score (nSPS) is 14.2. The van der Waals surface area contributed by atoms with Crippen LogP contribution < -0.4 is 4.74 Å². The first-order valence-corrected chi connectivity index (χ1v) is 6.52. The fourth-order valence-electron chi connectivity index (χ4n) is 1.77. The van der Waals surface area contributed by atoms with Crippen molar-refractivity contribution < 1.29 is 34.1 Å². The molecular weight excluding hydrogens is 292 g/mol. The summed E-state index contributed by atoms with van der Waals surface area (Å²) < 4.78 is 4.75. The maximum absolute atomic E-state index is 10.7. The van der Waals surface area contributed by atoms with E-state index in [0.29, 0.717) is 17.6 Å². The van der Waals surface area contributed by atoms with Crippen molar-refractivity contribution in [3.8, 4) is 5.75 Å². The predicted molar refractivity (Wildman–Crippen MR) is 74.5 cm³/mol. The average molecular weight is 308 g/mol. The molecule has 1 aliphatic heterocycles. The van der Waals surface area contributed by atoms with Crippen LogP contribution in [0.2, 0.25) is 0 Å². The zero-order valence-corrected chi connectivity index (χ0v) is 11.9. The minimum atomic E-state index is -1.27. The Bertz CT molecular complexity index is 565. The van der Waals surface area contributed by atoms with Gasteiger partial charge in [0.15, 0.2) is 0 Å². The van der Waals surface area contributed by atoms with Crippen LogP contribution in [0, 0.1) is 5.92 Å². The van der Waals surface area contributed by atoms with E-state index in [2.05, 4.69) is 0 Å². The molecule has 2 N–H and O–H groups in total. The van der Waals surface area contributed by atoms with Gasteiger partial charge in [-0.1, -0.05) is 6.07 Å². The number of hydrogen-bond acceptors (Lipinski definition) is 6. The number of aliphatic hydroxyl groups excluding tert-OH is 1. The number of esters is 1. The van der Waals surface area contributed by atoms with Gasteiger partial charge in [-0.25, -0.2) is 4.79 Å². The van der Waals surface area contributed by atoms with E-state index >= 15 is 0 Å².